The van der Waals surface area contributed by atoms with E-state index in [0.29, 0.717) is 16.8 Å². The summed E-state index contributed by atoms with van der Waals surface area (Å²) in [6, 6.07) is 14.4. The van der Waals surface area contributed by atoms with Crippen molar-refractivity contribution in [3.63, 3.8) is 0 Å². The molecule has 0 radical (unpaired) electrons. The summed E-state index contributed by atoms with van der Waals surface area (Å²) < 4.78 is 0.843. The van der Waals surface area contributed by atoms with Crippen molar-refractivity contribution in [1.82, 2.24) is 10.9 Å². The molecule has 0 aliphatic rings. The van der Waals surface area contributed by atoms with Gasteiger partial charge in [-0.05, 0) is 38.1 Å². The molecular formula is C18H17BrN2O2. The van der Waals surface area contributed by atoms with Crippen molar-refractivity contribution in [2.24, 2.45) is 0 Å². The number of hydrogen-bond acceptors (Lipinski definition) is 3. The molecule has 0 bridgehead atoms. The zero-order chi connectivity index (χ0) is 16.8. The van der Waals surface area contributed by atoms with Crippen molar-refractivity contribution in [2.75, 3.05) is 0 Å². The van der Waals surface area contributed by atoms with Crippen LogP contribution in [-0.4, -0.2) is 11.7 Å². The second-order valence-corrected chi connectivity index (χ2v) is 6.06. The summed E-state index contributed by atoms with van der Waals surface area (Å²) in [5.74, 6) is -0.395. The zero-order valence-corrected chi connectivity index (χ0v) is 14.5. The number of rotatable bonds is 5. The van der Waals surface area contributed by atoms with Crippen LogP contribution in [0.3, 0.4) is 0 Å². The minimum absolute atomic E-state index is 0.138. The smallest absolute Gasteiger partial charge is 0.269 e. The number of ketones is 1. The van der Waals surface area contributed by atoms with Gasteiger partial charge in [0.25, 0.3) is 5.91 Å². The Morgan fingerprint density at radius 3 is 2.35 bits per heavy atom. The van der Waals surface area contributed by atoms with Gasteiger partial charge in [-0.25, -0.2) is 0 Å². The summed E-state index contributed by atoms with van der Waals surface area (Å²) in [6.45, 7) is 3.67. The molecule has 0 unspecified atom stereocenters. The maximum Gasteiger partial charge on any atom is 0.269 e. The van der Waals surface area contributed by atoms with Gasteiger partial charge in [-0.2, -0.15) is 0 Å². The van der Waals surface area contributed by atoms with E-state index in [0.717, 1.165) is 10.0 Å². The van der Waals surface area contributed by atoms with E-state index >= 15 is 0 Å². The number of halogens is 1. The summed E-state index contributed by atoms with van der Waals surface area (Å²) >= 11 is 3.33. The van der Waals surface area contributed by atoms with Crippen LogP contribution in [0.5, 0.6) is 0 Å². The molecule has 0 saturated carbocycles. The molecule has 0 heterocycles. The lowest BCUT2D eigenvalue weighted by molar-refractivity contribution is 0.0936. The number of allylic oxidation sites excluding steroid dienone is 2. The number of amides is 1. The normalized spacial score (nSPS) is 11.0. The zero-order valence-electron chi connectivity index (χ0n) is 12.9. The molecule has 0 fully saturated rings. The van der Waals surface area contributed by atoms with Gasteiger partial charge >= 0.3 is 0 Å². The maximum atomic E-state index is 12.1. The van der Waals surface area contributed by atoms with Gasteiger partial charge in [0, 0.05) is 27.4 Å². The molecule has 23 heavy (non-hydrogen) atoms. The van der Waals surface area contributed by atoms with Gasteiger partial charge in [0.15, 0.2) is 5.78 Å². The minimum atomic E-state index is -0.257. The number of carbonyl (C=O) groups excluding carboxylic acids is 2. The van der Waals surface area contributed by atoms with Crippen LogP contribution >= 0.6 is 15.9 Å². The molecule has 0 saturated heterocycles. The van der Waals surface area contributed by atoms with E-state index in [4.69, 9.17) is 0 Å². The molecule has 1 amide bonds. The summed E-state index contributed by atoms with van der Waals surface area (Å²) in [6.07, 6.45) is 1.44. The number of hydrazine groups is 1. The molecule has 2 aromatic carbocycles. The van der Waals surface area contributed by atoms with E-state index in [1.807, 2.05) is 25.1 Å². The quantitative estimate of drug-likeness (QED) is 0.477. The van der Waals surface area contributed by atoms with Crippen LogP contribution < -0.4 is 10.9 Å². The first-order valence-corrected chi connectivity index (χ1v) is 7.86. The van der Waals surface area contributed by atoms with Gasteiger partial charge < -0.3 is 5.43 Å². The van der Waals surface area contributed by atoms with Crippen LogP contribution in [0, 0.1) is 6.92 Å². The van der Waals surface area contributed by atoms with E-state index in [1.165, 1.54) is 6.08 Å². The summed E-state index contributed by atoms with van der Waals surface area (Å²) in [5, 5.41) is 0. The van der Waals surface area contributed by atoms with Gasteiger partial charge in [-0.3, -0.25) is 15.0 Å². The summed E-state index contributed by atoms with van der Waals surface area (Å²) in [4.78, 5) is 24.1. The lowest BCUT2D eigenvalue weighted by atomic mass is 10.1. The van der Waals surface area contributed by atoms with Gasteiger partial charge in [0.1, 0.15) is 0 Å². The van der Waals surface area contributed by atoms with E-state index in [1.54, 1.807) is 37.3 Å². The highest BCUT2D eigenvalue weighted by atomic mass is 79.9. The molecule has 0 aliphatic heterocycles. The Morgan fingerprint density at radius 1 is 1.00 bits per heavy atom. The average molecular weight is 373 g/mol. The molecule has 0 atom stereocenters. The highest BCUT2D eigenvalue weighted by molar-refractivity contribution is 9.10. The van der Waals surface area contributed by atoms with Crippen LogP contribution in [-0.2, 0) is 0 Å². The maximum absolute atomic E-state index is 12.1. The lowest BCUT2D eigenvalue weighted by Crippen LogP contribution is -2.36. The number of nitrogens with one attached hydrogen (secondary N) is 2. The first-order valence-electron chi connectivity index (χ1n) is 7.07. The van der Waals surface area contributed by atoms with Crippen LogP contribution in [0.2, 0.25) is 0 Å². The largest absolute Gasteiger partial charge is 0.303 e. The number of benzene rings is 2. The SMILES string of the molecule is C/C(=C\C(=O)c1cccc(Br)c1)NNC(=O)c1ccc(C)cc1. The van der Waals surface area contributed by atoms with Crippen molar-refractivity contribution >= 4 is 27.6 Å². The fourth-order valence-corrected chi connectivity index (χ4v) is 2.29. The van der Waals surface area contributed by atoms with Crippen LogP contribution in [0.1, 0.15) is 33.2 Å². The van der Waals surface area contributed by atoms with Crippen LogP contribution in [0.15, 0.2) is 64.8 Å². The van der Waals surface area contributed by atoms with Gasteiger partial charge in [-0.1, -0.05) is 45.8 Å². The Hall–Kier alpha value is -2.40. The number of aryl methyl sites for hydroxylation is 1. The second kappa shape index (κ2) is 7.74. The summed E-state index contributed by atoms with van der Waals surface area (Å²) in [7, 11) is 0. The van der Waals surface area contributed by atoms with Gasteiger partial charge in [-0.15, -0.1) is 0 Å². The van der Waals surface area contributed by atoms with E-state index < -0.39 is 0 Å². The predicted molar refractivity (Wildman–Crippen MR) is 94.0 cm³/mol. The number of carbonyl (C=O) groups is 2. The van der Waals surface area contributed by atoms with Crippen LogP contribution in [0.4, 0.5) is 0 Å². The first-order chi connectivity index (χ1) is 11.0. The lowest BCUT2D eigenvalue weighted by Gasteiger charge is -2.09. The minimum Gasteiger partial charge on any atom is -0.303 e. The molecule has 5 heteroatoms. The third-order valence-electron chi connectivity index (χ3n) is 3.14. The highest BCUT2D eigenvalue weighted by Crippen LogP contribution is 2.12. The molecule has 0 aliphatic carbocycles. The topological polar surface area (TPSA) is 58.2 Å². The fraction of sp³-hybridized carbons (Fsp3) is 0.111. The Balaban J connectivity index is 1.96. The molecular weight excluding hydrogens is 356 g/mol. The van der Waals surface area contributed by atoms with Gasteiger partial charge in [0.05, 0.1) is 0 Å². The van der Waals surface area contributed by atoms with Crippen molar-refractivity contribution in [3.8, 4) is 0 Å². The molecule has 2 rings (SSSR count). The van der Waals surface area contributed by atoms with E-state index in [-0.39, 0.29) is 11.7 Å². The van der Waals surface area contributed by atoms with Crippen molar-refractivity contribution in [3.05, 3.63) is 81.5 Å². The van der Waals surface area contributed by atoms with Gasteiger partial charge in [0.2, 0.25) is 0 Å². The Labute approximate surface area is 143 Å². The van der Waals surface area contributed by atoms with Crippen molar-refractivity contribution < 1.29 is 9.59 Å². The number of hydrogen-bond donors (Lipinski definition) is 2. The Morgan fingerprint density at radius 2 is 1.70 bits per heavy atom. The Bertz CT molecular complexity index is 752. The highest BCUT2D eigenvalue weighted by Gasteiger charge is 2.06. The Kier molecular flexibility index (Phi) is 5.71. The standard InChI is InChI=1S/C18H17BrN2O2/c1-12-6-8-14(9-7-12)18(23)21-20-13(2)10-17(22)15-4-3-5-16(19)11-15/h3-11,20H,1-2H3,(H,21,23)/b13-10+. The predicted octanol–water partition coefficient (Wildman–Crippen LogP) is 3.78. The fourth-order valence-electron chi connectivity index (χ4n) is 1.89. The average Bonchev–Trinajstić information content (AvgIpc) is 2.53. The van der Waals surface area contributed by atoms with Crippen molar-refractivity contribution in [2.45, 2.75) is 13.8 Å². The van der Waals surface area contributed by atoms with Crippen molar-refractivity contribution in [1.29, 1.82) is 0 Å². The molecule has 4 nitrogen and oxygen atoms in total. The van der Waals surface area contributed by atoms with E-state index in [2.05, 4.69) is 26.8 Å². The summed E-state index contributed by atoms with van der Waals surface area (Å²) in [5.41, 5.74) is 8.07. The molecule has 2 N–H and O–H groups in total. The molecule has 0 spiro atoms. The monoisotopic (exact) mass is 372 g/mol. The first kappa shape index (κ1) is 17.0. The third kappa shape index (κ3) is 5.07. The molecule has 2 aromatic rings. The van der Waals surface area contributed by atoms with Crippen LogP contribution in [0.25, 0.3) is 0 Å². The molecule has 118 valence electrons. The second-order valence-electron chi connectivity index (χ2n) is 5.15. The van der Waals surface area contributed by atoms with E-state index in [9.17, 15) is 9.59 Å². The third-order valence-corrected chi connectivity index (χ3v) is 3.64. The molecule has 0 aromatic heterocycles.